The third-order valence-corrected chi connectivity index (χ3v) is 4.43. The predicted molar refractivity (Wildman–Crippen MR) is 78.2 cm³/mol. The molecule has 2 aliphatic rings. The fourth-order valence-electron chi connectivity index (χ4n) is 3.08. The topological polar surface area (TPSA) is 61.4 Å². The van der Waals surface area contributed by atoms with Gasteiger partial charge in [-0.1, -0.05) is 0 Å². The fraction of sp³-hybridized carbons (Fsp3) is 0.867. The number of nitrogens with zero attached hydrogens (tertiary/aromatic N) is 1. The highest BCUT2D eigenvalue weighted by atomic mass is 16.2. The molecule has 0 spiro atoms. The molecule has 2 heterocycles. The summed E-state index contributed by atoms with van der Waals surface area (Å²) in [7, 11) is 0. The Balaban J connectivity index is 1.92. The molecule has 0 saturated carbocycles. The monoisotopic (exact) mass is 281 g/mol. The van der Waals surface area contributed by atoms with Crippen LogP contribution in [0.1, 0.15) is 39.5 Å². The highest BCUT2D eigenvalue weighted by molar-refractivity contribution is 5.83. The van der Waals surface area contributed by atoms with Crippen molar-refractivity contribution < 1.29 is 9.59 Å². The Bertz CT molecular complexity index is 341. The van der Waals surface area contributed by atoms with Crippen LogP contribution in [0.2, 0.25) is 0 Å². The minimum absolute atomic E-state index is 0.0307. The second kappa shape index (κ2) is 7.07. The van der Waals surface area contributed by atoms with Gasteiger partial charge in [0.2, 0.25) is 11.8 Å². The van der Waals surface area contributed by atoms with Crippen LogP contribution in [-0.4, -0.2) is 48.9 Å². The van der Waals surface area contributed by atoms with E-state index >= 15 is 0 Å². The zero-order chi connectivity index (χ0) is 14.5. The molecule has 20 heavy (non-hydrogen) atoms. The molecule has 0 aromatic rings. The normalized spacial score (nSPS) is 24.6. The number of nitrogens with one attached hydrogen (secondary N) is 2. The van der Waals surface area contributed by atoms with Gasteiger partial charge in [0.25, 0.3) is 0 Å². The van der Waals surface area contributed by atoms with Crippen molar-refractivity contribution in [2.24, 2.45) is 11.8 Å². The molecule has 1 unspecified atom stereocenters. The standard InChI is InChI=1S/C15H27N3O2/c1-11(2)18(10-12-5-7-16-8-6-12)15(20)13-3-4-14(19)17-9-13/h11-13,16H,3-10H2,1-2H3,(H,17,19). The average molecular weight is 281 g/mol. The SMILES string of the molecule is CC(C)N(CC1CCNCC1)C(=O)C1CCC(=O)NC1. The van der Waals surface area contributed by atoms with Crippen LogP contribution in [-0.2, 0) is 9.59 Å². The van der Waals surface area contributed by atoms with E-state index < -0.39 is 0 Å². The van der Waals surface area contributed by atoms with Crippen LogP contribution in [0.3, 0.4) is 0 Å². The van der Waals surface area contributed by atoms with Crippen molar-refractivity contribution in [1.29, 1.82) is 0 Å². The first-order chi connectivity index (χ1) is 9.58. The minimum Gasteiger partial charge on any atom is -0.355 e. The number of carbonyl (C=O) groups is 2. The molecule has 5 heteroatoms. The van der Waals surface area contributed by atoms with E-state index in [1.807, 2.05) is 4.90 Å². The van der Waals surface area contributed by atoms with Gasteiger partial charge < -0.3 is 15.5 Å². The first-order valence-electron chi connectivity index (χ1n) is 7.86. The third kappa shape index (κ3) is 3.95. The lowest BCUT2D eigenvalue weighted by Crippen LogP contribution is -2.49. The predicted octanol–water partition coefficient (Wildman–Crippen LogP) is 0.749. The quantitative estimate of drug-likeness (QED) is 0.799. The molecule has 0 aromatic heterocycles. The highest BCUT2D eigenvalue weighted by Gasteiger charge is 2.31. The Hall–Kier alpha value is -1.10. The van der Waals surface area contributed by atoms with Gasteiger partial charge in [-0.2, -0.15) is 0 Å². The molecular formula is C15H27N3O2. The first-order valence-corrected chi connectivity index (χ1v) is 7.86. The molecule has 2 saturated heterocycles. The smallest absolute Gasteiger partial charge is 0.227 e. The van der Waals surface area contributed by atoms with Crippen LogP contribution in [0.5, 0.6) is 0 Å². The van der Waals surface area contributed by atoms with Crippen molar-refractivity contribution in [3.05, 3.63) is 0 Å². The Labute approximate surface area is 121 Å². The molecule has 2 fully saturated rings. The maximum Gasteiger partial charge on any atom is 0.227 e. The second-order valence-corrected chi connectivity index (χ2v) is 6.32. The summed E-state index contributed by atoms with van der Waals surface area (Å²) in [6.45, 7) is 7.66. The molecule has 0 radical (unpaired) electrons. The van der Waals surface area contributed by atoms with Gasteiger partial charge in [-0.3, -0.25) is 9.59 Å². The summed E-state index contributed by atoms with van der Waals surface area (Å²) in [5, 5.41) is 6.18. The lowest BCUT2D eigenvalue weighted by atomic mass is 9.94. The Morgan fingerprint density at radius 2 is 2.00 bits per heavy atom. The summed E-state index contributed by atoms with van der Waals surface area (Å²) < 4.78 is 0. The zero-order valence-corrected chi connectivity index (χ0v) is 12.7. The second-order valence-electron chi connectivity index (χ2n) is 6.32. The van der Waals surface area contributed by atoms with Crippen LogP contribution < -0.4 is 10.6 Å². The number of hydrogen-bond acceptors (Lipinski definition) is 3. The zero-order valence-electron chi connectivity index (χ0n) is 12.7. The molecule has 0 bridgehead atoms. The molecule has 2 N–H and O–H groups in total. The van der Waals surface area contributed by atoms with Crippen molar-refractivity contribution in [3.63, 3.8) is 0 Å². The number of amides is 2. The minimum atomic E-state index is -0.0307. The summed E-state index contributed by atoms with van der Waals surface area (Å²) in [6, 6.07) is 0.231. The summed E-state index contributed by atoms with van der Waals surface area (Å²) >= 11 is 0. The Morgan fingerprint density at radius 3 is 2.55 bits per heavy atom. The van der Waals surface area contributed by atoms with E-state index in [-0.39, 0.29) is 23.8 Å². The molecule has 114 valence electrons. The summed E-state index contributed by atoms with van der Waals surface area (Å²) in [4.78, 5) is 25.9. The van der Waals surface area contributed by atoms with Crippen molar-refractivity contribution in [2.75, 3.05) is 26.2 Å². The maximum absolute atomic E-state index is 12.7. The van der Waals surface area contributed by atoms with Gasteiger partial charge in [-0.15, -0.1) is 0 Å². The third-order valence-electron chi connectivity index (χ3n) is 4.43. The van der Waals surface area contributed by atoms with E-state index in [2.05, 4.69) is 24.5 Å². The first kappa shape index (κ1) is 15.3. The van der Waals surface area contributed by atoms with Crippen molar-refractivity contribution in [1.82, 2.24) is 15.5 Å². The maximum atomic E-state index is 12.7. The molecule has 2 rings (SSSR count). The summed E-state index contributed by atoms with van der Waals surface area (Å²) in [5.41, 5.74) is 0. The van der Waals surface area contributed by atoms with E-state index in [1.54, 1.807) is 0 Å². The van der Waals surface area contributed by atoms with E-state index in [0.717, 1.165) is 32.5 Å². The number of hydrogen-bond donors (Lipinski definition) is 2. The van der Waals surface area contributed by atoms with Crippen LogP contribution in [0.4, 0.5) is 0 Å². The number of carbonyl (C=O) groups excluding carboxylic acids is 2. The highest BCUT2D eigenvalue weighted by Crippen LogP contribution is 2.20. The van der Waals surface area contributed by atoms with Gasteiger partial charge in [0, 0.05) is 25.6 Å². The molecular weight excluding hydrogens is 254 g/mol. The number of rotatable bonds is 4. The average Bonchev–Trinajstić information content (AvgIpc) is 2.45. The van der Waals surface area contributed by atoms with E-state index in [4.69, 9.17) is 0 Å². The fourth-order valence-corrected chi connectivity index (χ4v) is 3.08. The van der Waals surface area contributed by atoms with Crippen LogP contribution in [0, 0.1) is 11.8 Å². The van der Waals surface area contributed by atoms with Gasteiger partial charge in [0.15, 0.2) is 0 Å². The lowest BCUT2D eigenvalue weighted by molar-refractivity contribution is -0.139. The Morgan fingerprint density at radius 1 is 1.30 bits per heavy atom. The van der Waals surface area contributed by atoms with Gasteiger partial charge in [0.05, 0.1) is 5.92 Å². The van der Waals surface area contributed by atoms with Crippen molar-refractivity contribution >= 4 is 11.8 Å². The summed E-state index contributed by atoms with van der Waals surface area (Å²) in [6.07, 6.45) is 3.48. The molecule has 5 nitrogen and oxygen atoms in total. The van der Waals surface area contributed by atoms with Crippen molar-refractivity contribution in [3.8, 4) is 0 Å². The molecule has 0 aliphatic carbocycles. The van der Waals surface area contributed by atoms with Gasteiger partial charge >= 0.3 is 0 Å². The Kier molecular flexibility index (Phi) is 5.40. The van der Waals surface area contributed by atoms with Crippen LogP contribution in [0.25, 0.3) is 0 Å². The van der Waals surface area contributed by atoms with Crippen LogP contribution in [0.15, 0.2) is 0 Å². The van der Waals surface area contributed by atoms with E-state index in [1.165, 1.54) is 0 Å². The molecule has 2 amide bonds. The van der Waals surface area contributed by atoms with E-state index in [9.17, 15) is 9.59 Å². The van der Waals surface area contributed by atoms with Crippen molar-refractivity contribution in [2.45, 2.75) is 45.6 Å². The van der Waals surface area contributed by atoms with Gasteiger partial charge in [0.1, 0.15) is 0 Å². The number of piperidine rings is 2. The summed E-state index contributed by atoms with van der Waals surface area (Å²) in [5.74, 6) is 0.875. The lowest BCUT2D eigenvalue weighted by Gasteiger charge is -2.36. The van der Waals surface area contributed by atoms with E-state index in [0.29, 0.717) is 25.3 Å². The largest absolute Gasteiger partial charge is 0.355 e. The van der Waals surface area contributed by atoms with Crippen LogP contribution >= 0.6 is 0 Å². The molecule has 0 aromatic carbocycles. The molecule has 2 aliphatic heterocycles. The molecule has 1 atom stereocenters. The van der Waals surface area contributed by atoms with Gasteiger partial charge in [-0.05, 0) is 52.1 Å². The van der Waals surface area contributed by atoms with Gasteiger partial charge in [-0.25, -0.2) is 0 Å².